The Bertz CT molecular complexity index is 577. The zero-order valence-electron chi connectivity index (χ0n) is 11.8. The van der Waals surface area contributed by atoms with Crippen LogP contribution in [0, 0.1) is 0 Å². The number of halogens is 1. The van der Waals surface area contributed by atoms with Crippen LogP contribution in [0.3, 0.4) is 0 Å². The van der Waals surface area contributed by atoms with Crippen molar-refractivity contribution >= 4 is 33.2 Å². The summed E-state index contributed by atoms with van der Waals surface area (Å²) in [6, 6.07) is 4.04. The number of carbonyl (C=O) groups excluding carboxylic acids is 1. The van der Waals surface area contributed by atoms with Crippen molar-refractivity contribution in [3.8, 4) is 0 Å². The van der Waals surface area contributed by atoms with Gasteiger partial charge in [-0.25, -0.2) is 0 Å². The molecule has 0 atom stereocenters. The van der Waals surface area contributed by atoms with Crippen LogP contribution in [0.2, 0.25) is 0 Å². The number of hydrogen-bond acceptors (Lipinski definition) is 3. The summed E-state index contributed by atoms with van der Waals surface area (Å²) in [5, 5.41) is 9.15. The smallest absolute Gasteiger partial charge is 0.275 e. The van der Waals surface area contributed by atoms with Gasteiger partial charge in [0.15, 0.2) is 5.69 Å². The molecule has 20 heavy (non-hydrogen) atoms. The Labute approximate surface area is 131 Å². The summed E-state index contributed by atoms with van der Waals surface area (Å²) < 4.78 is 0.780. The summed E-state index contributed by atoms with van der Waals surface area (Å²) in [6.45, 7) is 7.40. The van der Waals surface area contributed by atoms with E-state index in [0.29, 0.717) is 24.7 Å². The van der Waals surface area contributed by atoms with Crippen LogP contribution in [-0.4, -0.2) is 27.5 Å². The van der Waals surface area contributed by atoms with Crippen molar-refractivity contribution in [2.45, 2.75) is 33.2 Å². The van der Waals surface area contributed by atoms with E-state index in [4.69, 9.17) is 0 Å². The fourth-order valence-corrected chi connectivity index (χ4v) is 3.46. The third kappa shape index (κ3) is 3.12. The average Bonchev–Trinajstić information content (AvgIpc) is 3.04. The summed E-state index contributed by atoms with van der Waals surface area (Å²) in [5.41, 5.74) is 1.42. The third-order valence-corrected chi connectivity index (χ3v) is 4.77. The van der Waals surface area contributed by atoms with E-state index in [0.717, 1.165) is 10.2 Å². The van der Waals surface area contributed by atoms with E-state index in [2.05, 4.69) is 40.0 Å². The lowest BCUT2D eigenvalue weighted by Gasteiger charge is -2.19. The van der Waals surface area contributed by atoms with Crippen molar-refractivity contribution in [1.82, 2.24) is 15.1 Å². The maximum atomic E-state index is 12.6. The molecule has 2 heterocycles. The Morgan fingerprint density at radius 1 is 1.55 bits per heavy atom. The van der Waals surface area contributed by atoms with Crippen LogP contribution in [0.25, 0.3) is 0 Å². The minimum Gasteiger partial charge on any atom is -0.332 e. The molecular weight excluding hydrogens is 338 g/mol. The number of aromatic nitrogens is 2. The molecule has 2 aromatic heterocycles. The first-order valence-electron chi connectivity index (χ1n) is 6.60. The van der Waals surface area contributed by atoms with Crippen LogP contribution in [0.15, 0.2) is 22.0 Å². The highest BCUT2D eigenvalue weighted by atomic mass is 79.9. The van der Waals surface area contributed by atoms with Crippen molar-refractivity contribution in [3.63, 3.8) is 0 Å². The number of aromatic amines is 1. The van der Waals surface area contributed by atoms with Gasteiger partial charge in [0, 0.05) is 11.4 Å². The van der Waals surface area contributed by atoms with Gasteiger partial charge in [0.2, 0.25) is 0 Å². The van der Waals surface area contributed by atoms with Gasteiger partial charge in [-0.2, -0.15) is 5.10 Å². The van der Waals surface area contributed by atoms with Gasteiger partial charge in [-0.1, -0.05) is 19.9 Å². The Balaban J connectivity index is 2.20. The second kappa shape index (κ2) is 6.54. The molecular formula is C14H18BrN3OS. The molecule has 0 unspecified atom stereocenters. The minimum absolute atomic E-state index is 0.0454. The lowest BCUT2D eigenvalue weighted by atomic mass is 10.1. The second-order valence-corrected chi connectivity index (χ2v) is 6.68. The molecule has 0 radical (unpaired) electrons. The van der Waals surface area contributed by atoms with E-state index >= 15 is 0 Å². The molecule has 0 aromatic carbocycles. The van der Waals surface area contributed by atoms with Gasteiger partial charge in [0.1, 0.15) is 0 Å². The number of H-pyrrole nitrogens is 1. The van der Waals surface area contributed by atoms with Crippen LogP contribution in [0.5, 0.6) is 0 Å². The molecule has 0 saturated heterocycles. The zero-order chi connectivity index (χ0) is 14.7. The van der Waals surface area contributed by atoms with Gasteiger partial charge in [-0.05, 0) is 40.2 Å². The summed E-state index contributed by atoms with van der Waals surface area (Å²) in [4.78, 5) is 15.6. The number of carbonyl (C=O) groups is 1. The zero-order valence-corrected chi connectivity index (χ0v) is 14.2. The van der Waals surface area contributed by atoms with Crippen LogP contribution >= 0.6 is 27.3 Å². The summed E-state index contributed by atoms with van der Waals surface area (Å²) in [5.74, 6) is 0.252. The first-order chi connectivity index (χ1) is 9.54. The van der Waals surface area contributed by atoms with Gasteiger partial charge in [-0.15, -0.1) is 11.3 Å². The molecule has 1 N–H and O–H groups in total. The molecule has 0 saturated carbocycles. The van der Waals surface area contributed by atoms with Crippen LogP contribution < -0.4 is 0 Å². The molecule has 0 aliphatic carbocycles. The lowest BCUT2D eigenvalue weighted by Crippen LogP contribution is -2.30. The van der Waals surface area contributed by atoms with Crippen molar-refractivity contribution in [2.75, 3.05) is 6.54 Å². The SMILES string of the molecule is CCN(Cc1cccs1)C(=O)c1n[nH]c(C(C)C)c1Br. The van der Waals surface area contributed by atoms with Gasteiger partial charge in [0.05, 0.1) is 16.7 Å². The van der Waals surface area contributed by atoms with Gasteiger partial charge in [-0.3, -0.25) is 9.89 Å². The number of nitrogens with zero attached hydrogens (tertiary/aromatic N) is 2. The number of nitrogens with one attached hydrogen (secondary N) is 1. The Hall–Kier alpha value is -1.14. The number of hydrogen-bond donors (Lipinski definition) is 1. The monoisotopic (exact) mass is 355 g/mol. The molecule has 0 spiro atoms. The average molecular weight is 356 g/mol. The normalized spacial score (nSPS) is 11.1. The maximum Gasteiger partial charge on any atom is 0.275 e. The Morgan fingerprint density at radius 3 is 2.80 bits per heavy atom. The molecule has 1 amide bonds. The highest BCUT2D eigenvalue weighted by Crippen LogP contribution is 2.26. The summed E-state index contributed by atoms with van der Waals surface area (Å²) in [6.07, 6.45) is 0. The predicted octanol–water partition coefficient (Wildman–Crippen LogP) is 4.02. The summed E-state index contributed by atoms with van der Waals surface area (Å²) in [7, 11) is 0. The first kappa shape index (κ1) is 15.3. The second-order valence-electron chi connectivity index (χ2n) is 4.85. The largest absolute Gasteiger partial charge is 0.332 e. The molecule has 0 fully saturated rings. The summed E-state index contributed by atoms with van der Waals surface area (Å²) >= 11 is 5.15. The molecule has 0 bridgehead atoms. The lowest BCUT2D eigenvalue weighted by molar-refractivity contribution is 0.0747. The van der Waals surface area contributed by atoms with Crippen molar-refractivity contribution in [3.05, 3.63) is 38.3 Å². The standard InChI is InChI=1S/C14H18BrN3OS/c1-4-18(8-10-6-5-7-20-10)14(19)13-11(15)12(9(2)3)16-17-13/h5-7,9H,4,8H2,1-3H3,(H,16,17). The molecule has 0 aliphatic heterocycles. The first-order valence-corrected chi connectivity index (χ1v) is 8.27. The fourth-order valence-electron chi connectivity index (χ4n) is 1.93. The van der Waals surface area contributed by atoms with Gasteiger partial charge in [0.25, 0.3) is 5.91 Å². The van der Waals surface area contributed by atoms with E-state index < -0.39 is 0 Å². The van der Waals surface area contributed by atoms with Crippen LogP contribution in [0.1, 0.15) is 47.7 Å². The Morgan fingerprint density at radius 2 is 2.30 bits per heavy atom. The van der Waals surface area contributed by atoms with E-state index in [1.165, 1.54) is 4.88 Å². The topological polar surface area (TPSA) is 49.0 Å². The maximum absolute atomic E-state index is 12.6. The highest BCUT2D eigenvalue weighted by molar-refractivity contribution is 9.10. The highest BCUT2D eigenvalue weighted by Gasteiger charge is 2.23. The molecule has 0 aliphatic rings. The van der Waals surface area contributed by atoms with Crippen LogP contribution in [0.4, 0.5) is 0 Å². The molecule has 4 nitrogen and oxygen atoms in total. The molecule has 6 heteroatoms. The number of thiophene rings is 1. The van der Waals surface area contributed by atoms with E-state index in [9.17, 15) is 4.79 Å². The number of amides is 1. The van der Waals surface area contributed by atoms with Crippen molar-refractivity contribution < 1.29 is 4.79 Å². The van der Waals surface area contributed by atoms with Crippen LogP contribution in [-0.2, 0) is 6.54 Å². The molecule has 108 valence electrons. The molecule has 2 rings (SSSR count). The van der Waals surface area contributed by atoms with Crippen molar-refractivity contribution in [1.29, 1.82) is 0 Å². The Kier molecular flexibility index (Phi) is 4.99. The predicted molar refractivity (Wildman–Crippen MR) is 85.1 cm³/mol. The number of rotatable bonds is 5. The van der Waals surface area contributed by atoms with E-state index in [1.54, 1.807) is 16.2 Å². The van der Waals surface area contributed by atoms with Crippen molar-refractivity contribution in [2.24, 2.45) is 0 Å². The van der Waals surface area contributed by atoms with Gasteiger partial charge < -0.3 is 4.90 Å². The van der Waals surface area contributed by atoms with E-state index in [1.807, 2.05) is 24.4 Å². The minimum atomic E-state index is -0.0454. The quantitative estimate of drug-likeness (QED) is 0.880. The third-order valence-electron chi connectivity index (χ3n) is 3.11. The molecule has 2 aromatic rings. The fraction of sp³-hybridized carbons (Fsp3) is 0.429. The van der Waals surface area contributed by atoms with E-state index in [-0.39, 0.29) is 5.91 Å². The van der Waals surface area contributed by atoms with Gasteiger partial charge >= 0.3 is 0 Å².